The van der Waals surface area contributed by atoms with E-state index in [9.17, 15) is 0 Å². The summed E-state index contributed by atoms with van der Waals surface area (Å²) in [5.74, 6) is 0.854. The number of pyridine rings is 1. The lowest BCUT2D eigenvalue weighted by Gasteiger charge is -2.16. The molecule has 0 amide bonds. The first-order chi connectivity index (χ1) is 10.1. The van der Waals surface area contributed by atoms with Gasteiger partial charge < -0.3 is 10.5 Å². The summed E-state index contributed by atoms with van der Waals surface area (Å²) in [6, 6.07) is 11.2. The van der Waals surface area contributed by atoms with Crippen LogP contribution < -0.4 is 10.5 Å². The molecule has 0 unspecified atom stereocenters. The third kappa shape index (κ3) is 4.89. The molecule has 5 heteroatoms. The van der Waals surface area contributed by atoms with Gasteiger partial charge in [-0.2, -0.15) is 0 Å². The van der Waals surface area contributed by atoms with E-state index in [1.165, 1.54) is 5.56 Å². The van der Waals surface area contributed by atoms with Crippen LogP contribution in [0.2, 0.25) is 0 Å². The van der Waals surface area contributed by atoms with Gasteiger partial charge in [0.05, 0.1) is 0 Å². The van der Waals surface area contributed by atoms with Gasteiger partial charge in [0.25, 0.3) is 0 Å². The predicted octanol–water partition coefficient (Wildman–Crippen LogP) is 1.88. The first-order valence-corrected chi connectivity index (χ1v) is 6.80. The fourth-order valence-corrected chi connectivity index (χ4v) is 1.93. The second-order valence-corrected chi connectivity index (χ2v) is 4.89. The van der Waals surface area contributed by atoms with Gasteiger partial charge in [0.15, 0.2) is 0 Å². The predicted molar refractivity (Wildman–Crippen MR) is 83.5 cm³/mol. The third-order valence-electron chi connectivity index (χ3n) is 3.08. The smallest absolute Gasteiger partial charge is 0.122 e. The number of likely N-dealkylation sites (N-methyl/N-ethyl adjacent to an activating group) is 1. The van der Waals surface area contributed by atoms with Crippen LogP contribution in [-0.4, -0.2) is 35.9 Å². The lowest BCUT2D eigenvalue weighted by atomic mass is 10.2. The highest BCUT2D eigenvalue weighted by molar-refractivity contribution is 5.94. The number of nitrogens with two attached hydrogens (primary N) is 1. The number of hydrogen-bond acceptors (Lipinski definition) is 4. The summed E-state index contributed by atoms with van der Waals surface area (Å²) in [6.45, 7) is 2.28. The normalized spacial score (nSPS) is 10.6. The van der Waals surface area contributed by atoms with Crippen molar-refractivity contribution in [2.45, 2.75) is 6.54 Å². The third-order valence-corrected chi connectivity index (χ3v) is 3.08. The average molecular weight is 284 g/mol. The van der Waals surface area contributed by atoms with Crippen LogP contribution >= 0.6 is 0 Å². The molecule has 0 fully saturated rings. The Morgan fingerprint density at radius 1 is 1.29 bits per heavy atom. The van der Waals surface area contributed by atoms with Crippen LogP contribution in [-0.2, 0) is 6.54 Å². The van der Waals surface area contributed by atoms with E-state index in [4.69, 9.17) is 15.9 Å². The first kappa shape index (κ1) is 15.0. The largest absolute Gasteiger partial charge is 0.492 e. The summed E-state index contributed by atoms with van der Waals surface area (Å²) in [7, 11) is 2.05. The zero-order valence-electron chi connectivity index (χ0n) is 12.1. The summed E-state index contributed by atoms with van der Waals surface area (Å²) in [6.07, 6.45) is 3.65. The Morgan fingerprint density at radius 2 is 2.05 bits per heavy atom. The molecule has 0 aliphatic heterocycles. The number of hydrogen-bond donors (Lipinski definition) is 2. The van der Waals surface area contributed by atoms with Crippen LogP contribution in [0.1, 0.15) is 11.1 Å². The second kappa shape index (κ2) is 7.40. The molecule has 0 aliphatic carbocycles. The van der Waals surface area contributed by atoms with E-state index >= 15 is 0 Å². The van der Waals surface area contributed by atoms with Gasteiger partial charge in [-0.3, -0.25) is 15.3 Å². The fourth-order valence-electron chi connectivity index (χ4n) is 1.93. The van der Waals surface area contributed by atoms with Crippen molar-refractivity contribution in [3.63, 3.8) is 0 Å². The molecular weight excluding hydrogens is 264 g/mol. The molecule has 1 aromatic heterocycles. The number of aromatic nitrogens is 1. The van der Waals surface area contributed by atoms with E-state index in [-0.39, 0.29) is 5.84 Å². The summed E-state index contributed by atoms with van der Waals surface area (Å²) in [5.41, 5.74) is 7.30. The van der Waals surface area contributed by atoms with Crippen molar-refractivity contribution >= 4 is 5.84 Å². The highest BCUT2D eigenvalue weighted by Gasteiger charge is 2.02. The van der Waals surface area contributed by atoms with Gasteiger partial charge in [0.2, 0.25) is 0 Å². The maximum absolute atomic E-state index is 7.33. The van der Waals surface area contributed by atoms with Gasteiger partial charge in [-0.15, -0.1) is 0 Å². The van der Waals surface area contributed by atoms with Crippen molar-refractivity contribution in [3.05, 3.63) is 59.9 Å². The Kier molecular flexibility index (Phi) is 5.29. The van der Waals surface area contributed by atoms with E-state index in [2.05, 4.69) is 23.0 Å². The van der Waals surface area contributed by atoms with E-state index in [1.54, 1.807) is 18.3 Å². The monoisotopic (exact) mass is 284 g/mol. The molecule has 0 saturated carbocycles. The zero-order chi connectivity index (χ0) is 15.1. The maximum Gasteiger partial charge on any atom is 0.122 e. The first-order valence-electron chi connectivity index (χ1n) is 6.80. The lowest BCUT2D eigenvalue weighted by Crippen LogP contribution is -2.23. The Bertz CT molecular complexity index is 569. The van der Waals surface area contributed by atoms with Crippen LogP contribution in [0.25, 0.3) is 0 Å². The molecule has 0 spiro atoms. The summed E-state index contributed by atoms with van der Waals surface area (Å²) >= 11 is 0. The molecule has 0 bridgehead atoms. The van der Waals surface area contributed by atoms with Crippen molar-refractivity contribution in [1.29, 1.82) is 5.41 Å². The number of ether oxygens (including phenoxy) is 1. The highest BCUT2D eigenvalue weighted by Crippen LogP contribution is 2.11. The fraction of sp³-hybridized carbons (Fsp3) is 0.250. The van der Waals surface area contributed by atoms with Crippen LogP contribution in [0.4, 0.5) is 0 Å². The molecule has 2 aromatic rings. The molecule has 5 nitrogen and oxygen atoms in total. The Balaban J connectivity index is 1.74. The molecule has 0 atom stereocenters. The number of amidine groups is 1. The zero-order valence-corrected chi connectivity index (χ0v) is 12.1. The second-order valence-electron chi connectivity index (χ2n) is 4.89. The molecule has 3 N–H and O–H groups in total. The van der Waals surface area contributed by atoms with Crippen LogP contribution in [0.15, 0.2) is 48.8 Å². The van der Waals surface area contributed by atoms with E-state index in [0.29, 0.717) is 12.2 Å². The topological polar surface area (TPSA) is 75.2 Å². The molecule has 0 radical (unpaired) electrons. The van der Waals surface area contributed by atoms with Gasteiger partial charge in [0, 0.05) is 31.0 Å². The minimum absolute atomic E-state index is 0.0674. The lowest BCUT2D eigenvalue weighted by molar-refractivity contribution is 0.232. The van der Waals surface area contributed by atoms with Crippen LogP contribution in [0.3, 0.4) is 0 Å². The molecule has 0 saturated heterocycles. The molecule has 2 rings (SSSR count). The standard InChI is InChI=1S/C16H20N4O/c1-20(12-13-3-2-8-19-11-13)9-10-21-15-6-4-14(5-7-15)16(17)18/h2-8,11H,9-10,12H2,1H3,(H3,17,18). The van der Waals surface area contributed by atoms with Crippen molar-refractivity contribution in [3.8, 4) is 5.75 Å². The minimum atomic E-state index is 0.0674. The molecular formula is C16H20N4O. The van der Waals surface area contributed by atoms with E-state index in [0.717, 1.165) is 18.8 Å². The van der Waals surface area contributed by atoms with Crippen molar-refractivity contribution in [1.82, 2.24) is 9.88 Å². The maximum atomic E-state index is 7.33. The number of nitrogens with one attached hydrogen (secondary N) is 1. The van der Waals surface area contributed by atoms with E-state index < -0.39 is 0 Å². The van der Waals surface area contributed by atoms with Gasteiger partial charge in [-0.05, 0) is 42.9 Å². The number of rotatable bonds is 7. The van der Waals surface area contributed by atoms with Crippen LogP contribution in [0, 0.1) is 5.41 Å². The van der Waals surface area contributed by atoms with Crippen molar-refractivity contribution in [2.75, 3.05) is 20.2 Å². The molecule has 0 aliphatic rings. The van der Waals surface area contributed by atoms with Gasteiger partial charge in [-0.1, -0.05) is 6.07 Å². The molecule has 110 valence electrons. The Morgan fingerprint density at radius 3 is 2.67 bits per heavy atom. The van der Waals surface area contributed by atoms with E-state index in [1.807, 2.05) is 24.4 Å². The molecule has 21 heavy (non-hydrogen) atoms. The van der Waals surface area contributed by atoms with Crippen molar-refractivity contribution in [2.24, 2.45) is 5.73 Å². The number of benzene rings is 1. The summed E-state index contributed by atoms with van der Waals surface area (Å²) in [5, 5.41) is 7.33. The Labute approximate surface area is 124 Å². The average Bonchev–Trinajstić information content (AvgIpc) is 2.49. The summed E-state index contributed by atoms with van der Waals surface area (Å²) in [4.78, 5) is 6.28. The van der Waals surface area contributed by atoms with Crippen molar-refractivity contribution < 1.29 is 4.74 Å². The quantitative estimate of drug-likeness (QED) is 0.601. The minimum Gasteiger partial charge on any atom is -0.492 e. The van der Waals surface area contributed by atoms with Gasteiger partial charge in [-0.25, -0.2) is 0 Å². The SMILES string of the molecule is CN(CCOc1ccc(C(=N)N)cc1)Cc1cccnc1. The Hall–Kier alpha value is -2.40. The van der Waals surface area contributed by atoms with Gasteiger partial charge >= 0.3 is 0 Å². The summed E-state index contributed by atoms with van der Waals surface area (Å²) < 4.78 is 5.68. The number of nitrogens with zero attached hydrogens (tertiary/aromatic N) is 2. The molecule has 1 aromatic carbocycles. The van der Waals surface area contributed by atoms with Crippen LogP contribution in [0.5, 0.6) is 5.75 Å². The highest BCUT2D eigenvalue weighted by atomic mass is 16.5. The van der Waals surface area contributed by atoms with Gasteiger partial charge in [0.1, 0.15) is 18.2 Å². The number of nitrogen functional groups attached to an aromatic ring is 1. The molecule has 1 heterocycles.